The third kappa shape index (κ3) is 1.41. The van der Waals surface area contributed by atoms with Gasteiger partial charge in [-0.2, -0.15) is 0 Å². The molecule has 0 aromatic heterocycles. The number of allylic oxidation sites excluding steroid dienone is 1. The molecule has 0 unspecified atom stereocenters. The largest absolute Gasteiger partial charge is 0.285 e. The summed E-state index contributed by atoms with van der Waals surface area (Å²) >= 11 is 0. The summed E-state index contributed by atoms with van der Waals surface area (Å²) in [5, 5.41) is 2.02. The van der Waals surface area contributed by atoms with Gasteiger partial charge in [0, 0.05) is 11.1 Å². The van der Waals surface area contributed by atoms with Gasteiger partial charge in [-0.1, -0.05) is 24.3 Å². The van der Waals surface area contributed by atoms with Crippen molar-refractivity contribution in [3.63, 3.8) is 0 Å². The van der Waals surface area contributed by atoms with Crippen LogP contribution < -0.4 is 0 Å². The molecule has 0 bridgehead atoms. The number of hydrogen-bond donors (Lipinski definition) is 0. The first kappa shape index (κ1) is 9.97. The summed E-state index contributed by atoms with van der Waals surface area (Å²) in [7, 11) is 0. The van der Waals surface area contributed by atoms with Crippen molar-refractivity contribution in [2.45, 2.75) is 0 Å². The van der Waals surface area contributed by atoms with Gasteiger partial charge in [-0.25, -0.2) is 0 Å². The molecule has 1 aliphatic rings. The van der Waals surface area contributed by atoms with Crippen LogP contribution in [-0.4, -0.2) is 11.6 Å². The Kier molecular flexibility index (Phi) is 1.99. The summed E-state index contributed by atoms with van der Waals surface area (Å²) < 4.78 is 0. The second-order valence-corrected chi connectivity index (χ2v) is 4.11. The fraction of sp³-hybridized carbons (Fsp3) is 0. The third-order valence-corrected chi connectivity index (χ3v) is 2.99. The van der Waals surface area contributed by atoms with E-state index >= 15 is 0 Å². The molecule has 17 heavy (non-hydrogen) atoms. The highest BCUT2D eigenvalue weighted by molar-refractivity contribution is 6.52. The lowest BCUT2D eigenvalue weighted by Gasteiger charge is -2.12. The SMILES string of the molecule is [CH2]C1=Cc2cc3ccccc3cc2C(=O)C1=O. The van der Waals surface area contributed by atoms with E-state index in [-0.39, 0.29) is 5.57 Å². The second kappa shape index (κ2) is 3.39. The van der Waals surface area contributed by atoms with Gasteiger partial charge in [0.15, 0.2) is 0 Å². The molecule has 3 rings (SSSR count). The van der Waals surface area contributed by atoms with E-state index in [1.54, 1.807) is 12.1 Å². The van der Waals surface area contributed by atoms with Crippen LogP contribution in [0.15, 0.2) is 42.0 Å². The van der Waals surface area contributed by atoms with E-state index in [9.17, 15) is 9.59 Å². The molecule has 0 aliphatic heterocycles. The van der Waals surface area contributed by atoms with Crippen molar-refractivity contribution in [3.8, 4) is 0 Å². The summed E-state index contributed by atoms with van der Waals surface area (Å²) in [6.07, 6.45) is 1.67. The fourth-order valence-electron chi connectivity index (χ4n) is 2.10. The van der Waals surface area contributed by atoms with Crippen LogP contribution in [0.4, 0.5) is 0 Å². The molecule has 2 aromatic carbocycles. The smallest absolute Gasteiger partial charge is 0.233 e. The Morgan fingerprint density at radius 3 is 2.24 bits per heavy atom. The molecule has 2 nitrogen and oxygen atoms in total. The van der Waals surface area contributed by atoms with Crippen LogP contribution in [0.3, 0.4) is 0 Å². The Morgan fingerprint density at radius 1 is 0.882 bits per heavy atom. The van der Waals surface area contributed by atoms with Crippen molar-refractivity contribution in [1.82, 2.24) is 0 Å². The summed E-state index contributed by atoms with van der Waals surface area (Å²) in [6.45, 7) is 3.60. The van der Waals surface area contributed by atoms with Crippen molar-refractivity contribution in [1.29, 1.82) is 0 Å². The zero-order valence-electron chi connectivity index (χ0n) is 9.07. The molecule has 2 aromatic rings. The van der Waals surface area contributed by atoms with Crippen LogP contribution in [-0.2, 0) is 4.79 Å². The maximum atomic E-state index is 11.8. The van der Waals surface area contributed by atoms with Gasteiger partial charge in [0.25, 0.3) is 0 Å². The highest BCUT2D eigenvalue weighted by Crippen LogP contribution is 2.26. The molecule has 0 atom stereocenters. The van der Waals surface area contributed by atoms with Crippen molar-refractivity contribution < 1.29 is 9.59 Å². The monoisotopic (exact) mass is 221 g/mol. The molecular formula is C15H9O2. The molecule has 0 N–H and O–H groups in total. The van der Waals surface area contributed by atoms with E-state index in [2.05, 4.69) is 6.92 Å². The van der Waals surface area contributed by atoms with Gasteiger partial charge in [-0.15, -0.1) is 0 Å². The first-order valence-electron chi connectivity index (χ1n) is 5.32. The van der Waals surface area contributed by atoms with Crippen molar-refractivity contribution in [2.75, 3.05) is 0 Å². The molecule has 0 fully saturated rings. The van der Waals surface area contributed by atoms with E-state index in [1.807, 2.05) is 30.3 Å². The number of fused-ring (bicyclic) bond motifs is 2. The topological polar surface area (TPSA) is 34.1 Å². The molecule has 0 saturated heterocycles. The van der Waals surface area contributed by atoms with Crippen LogP contribution in [0.1, 0.15) is 15.9 Å². The van der Waals surface area contributed by atoms with Crippen LogP contribution in [0.25, 0.3) is 16.8 Å². The minimum atomic E-state index is -0.507. The molecule has 0 amide bonds. The summed E-state index contributed by atoms with van der Waals surface area (Å²) in [6, 6.07) is 11.4. The lowest BCUT2D eigenvalue weighted by atomic mass is 9.89. The molecule has 2 heteroatoms. The predicted molar refractivity (Wildman–Crippen MR) is 66.6 cm³/mol. The Bertz CT molecular complexity index is 693. The maximum Gasteiger partial charge on any atom is 0.233 e. The van der Waals surface area contributed by atoms with E-state index in [0.717, 1.165) is 16.3 Å². The number of benzene rings is 2. The fourth-order valence-corrected chi connectivity index (χ4v) is 2.10. The summed E-state index contributed by atoms with van der Waals surface area (Å²) in [4.78, 5) is 23.4. The molecule has 0 saturated carbocycles. The minimum absolute atomic E-state index is 0.262. The lowest BCUT2D eigenvalue weighted by Crippen LogP contribution is -2.20. The zero-order valence-corrected chi connectivity index (χ0v) is 9.07. The van der Waals surface area contributed by atoms with Gasteiger partial charge in [-0.05, 0) is 41.5 Å². The molecule has 1 radical (unpaired) electrons. The van der Waals surface area contributed by atoms with E-state index in [1.165, 1.54) is 0 Å². The van der Waals surface area contributed by atoms with Crippen LogP contribution >= 0.6 is 0 Å². The van der Waals surface area contributed by atoms with Gasteiger partial charge in [0.05, 0.1) is 0 Å². The van der Waals surface area contributed by atoms with E-state index in [0.29, 0.717) is 5.56 Å². The van der Waals surface area contributed by atoms with Crippen LogP contribution in [0, 0.1) is 6.92 Å². The van der Waals surface area contributed by atoms with Gasteiger partial charge in [0.2, 0.25) is 11.6 Å². The highest BCUT2D eigenvalue weighted by Gasteiger charge is 2.25. The molecule has 81 valence electrons. The first-order valence-corrected chi connectivity index (χ1v) is 5.32. The minimum Gasteiger partial charge on any atom is -0.285 e. The Morgan fingerprint density at radius 2 is 1.53 bits per heavy atom. The number of carbonyl (C=O) groups is 2. The quantitative estimate of drug-likeness (QED) is 0.641. The standard InChI is InChI=1S/C15H9O2/c1-9-6-12-7-10-4-2-3-5-11(10)8-13(12)15(17)14(9)16/h2-8H,1H2. The van der Waals surface area contributed by atoms with Crippen LogP contribution in [0.5, 0.6) is 0 Å². The third-order valence-electron chi connectivity index (χ3n) is 2.99. The second-order valence-electron chi connectivity index (χ2n) is 4.11. The van der Waals surface area contributed by atoms with Gasteiger partial charge in [-0.3, -0.25) is 9.59 Å². The van der Waals surface area contributed by atoms with Gasteiger partial charge < -0.3 is 0 Å². The van der Waals surface area contributed by atoms with Crippen LogP contribution in [0.2, 0.25) is 0 Å². The lowest BCUT2D eigenvalue weighted by molar-refractivity contribution is -0.111. The normalized spacial score (nSPS) is 14.8. The van der Waals surface area contributed by atoms with E-state index < -0.39 is 11.6 Å². The van der Waals surface area contributed by atoms with Gasteiger partial charge >= 0.3 is 0 Å². The number of Topliss-reactive ketones (excluding diaryl/α,β-unsaturated/α-hetero) is 2. The first-order chi connectivity index (χ1) is 8.16. The number of carbonyl (C=O) groups excluding carboxylic acids is 2. The summed E-state index contributed by atoms with van der Waals surface area (Å²) in [5.41, 5.74) is 1.51. The Labute approximate surface area is 98.6 Å². The number of ketones is 2. The van der Waals surface area contributed by atoms with E-state index in [4.69, 9.17) is 0 Å². The molecular weight excluding hydrogens is 212 g/mol. The number of hydrogen-bond acceptors (Lipinski definition) is 2. The predicted octanol–water partition coefficient (Wildman–Crippen LogP) is 2.82. The summed E-state index contributed by atoms with van der Waals surface area (Å²) in [5.74, 6) is -0.967. The van der Waals surface area contributed by atoms with Crippen molar-refractivity contribution in [2.24, 2.45) is 0 Å². The zero-order chi connectivity index (χ0) is 12.0. The average Bonchev–Trinajstić information content (AvgIpc) is 2.34. The molecule has 0 spiro atoms. The Hall–Kier alpha value is -2.22. The Balaban J connectivity index is 2.37. The van der Waals surface area contributed by atoms with Gasteiger partial charge in [0.1, 0.15) is 0 Å². The average molecular weight is 221 g/mol. The number of rotatable bonds is 0. The van der Waals surface area contributed by atoms with Crippen molar-refractivity contribution >= 4 is 28.4 Å². The maximum absolute atomic E-state index is 11.8. The van der Waals surface area contributed by atoms with Crippen molar-refractivity contribution in [3.05, 3.63) is 60.0 Å². The molecule has 1 aliphatic carbocycles. The molecule has 0 heterocycles. The highest BCUT2D eigenvalue weighted by atomic mass is 16.2.